The van der Waals surface area contributed by atoms with E-state index in [4.69, 9.17) is 0 Å². The largest absolute Gasteiger partial charge is 0.354 e. The van der Waals surface area contributed by atoms with Crippen molar-refractivity contribution in [2.45, 2.75) is 32.7 Å². The molecular formula is C13H23N5O. The number of piperidine rings is 1. The minimum atomic E-state index is 0.0153. The van der Waals surface area contributed by atoms with Gasteiger partial charge in [-0.05, 0) is 44.8 Å². The number of aromatic nitrogens is 3. The SMILES string of the molecule is CCCN1CCC(CNC(=O)Cn2ccnn2)CC1. The Morgan fingerprint density at radius 2 is 2.21 bits per heavy atom. The molecule has 1 saturated heterocycles. The maximum atomic E-state index is 11.7. The molecule has 2 rings (SSSR count). The highest BCUT2D eigenvalue weighted by molar-refractivity contribution is 5.75. The van der Waals surface area contributed by atoms with Crippen LogP contribution in [0.3, 0.4) is 0 Å². The maximum absolute atomic E-state index is 11.7. The summed E-state index contributed by atoms with van der Waals surface area (Å²) in [7, 11) is 0. The molecule has 0 aliphatic carbocycles. The number of hydrogen-bond acceptors (Lipinski definition) is 4. The first-order chi connectivity index (χ1) is 9.28. The van der Waals surface area contributed by atoms with E-state index in [-0.39, 0.29) is 12.5 Å². The van der Waals surface area contributed by atoms with E-state index in [0.29, 0.717) is 5.92 Å². The molecule has 0 spiro atoms. The van der Waals surface area contributed by atoms with Crippen LogP contribution in [0.15, 0.2) is 12.4 Å². The van der Waals surface area contributed by atoms with E-state index in [1.54, 1.807) is 17.1 Å². The Hall–Kier alpha value is -1.43. The summed E-state index contributed by atoms with van der Waals surface area (Å²) in [5, 5.41) is 10.5. The molecule has 0 unspecified atom stereocenters. The maximum Gasteiger partial charge on any atom is 0.241 e. The molecule has 1 amide bonds. The monoisotopic (exact) mass is 265 g/mol. The van der Waals surface area contributed by atoms with Crippen molar-refractivity contribution in [3.8, 4) is 0 Å². The van der Waals surface area contributed by atoms with Crippen molar-refractivity contribution in [2.24, 2.45) is 5.92 Å². The van der Waals surface area contributed by atoms with E-state index in [2.05, 4.69) is 27.5 Å². The van der Waals surface area contributed by atoms with E-state index >= 15 is 0 Å². The number of nitrogens with one attached hydrogen (secondary N) is 1. The molecule has 0 bridgehead atoms. The molecule has 2 heterocycles. The van der Waals surface area contributed by atoms with E-state index in [0.717, 1.165) is 19.6 Å². The lowest BCUT2D eigenvalue weighted by Crippen LogP contribution is -2.39. The molecule has 0 radical (unpaired) electrons. The van der Waals surface area contributed by atoms with Crippen LogP contribution < -0.4 is 5.32 Å². The molecule has 1 aromatic heterocycles. The standard InChI is InChI=1S/C13H23N5O/c1-2-6-17-7-3-12(4-8-17)10-14-13(19)11-18-9-5-15-16-18/h5,9,12H,2-4,6-8,10-11H2,1H3,(H,14,19). The molecule has 0 atom stereocenters. The highest BCUT2D eigenvalue weighted by atomic mass is 16.2. The molecule has 1 aliphatic rings. The molecule has 19 heavy (non-hydrogen) atoms. The fourth-order valence-corrected chi connectivity index (χ4v) is 2.51. The predicted octanol–water partition coefficient (Wildman–Crippen LogP) is 0.516. The molecule has 106 valence electrons. The Balaban J connectivity index is 1.62. The van der Waals surface area contributed by atoms with Crippen LogP contribution in [-0.4, -0.2) is 52.0 Å². The summed E-state index contributed by atoms with van der Waals surface area (Å²) in [5.41, 5.74) is 0. The second-order valence-electron chi connectivity index (χ2n) is 5.19. The number of nitrogens with zero attached hydrogens (tertiary/aromatic N) is 4. The minimum absolute atomic E-state index is 0.0153. The number of carbonyl (C=O) groups excluding carboxylic acids is 1. The van der Waals surface area contributed by atoms with Gasteiger partial charge >= 0.3 is 0 Å². The lowest BCUT2D eigenvalue weighted by molar-refractivity contribution is -0.122. The lowest BCUT2D eigenvalue weighted by atomic mass is 9.96. The normalized spacial score (nSPS) is 17.5. The molecule has 1 aromatic rings. The summed E-state index contributed by atoms with van der Waals surface area (Å²) >= 11 is 0. The van der Waals surface area contributed by atoms with E-state index < -0.39 is 0 Å². The van der Waals surface area contributed by atoms with Gasteiger partial charge in [0.1, 0.15) is 6.54 Å². The zero-order valence-corrected chi connectivity index (χ0v) is 11.6. The van der Waals surface area contributed by atoms with Gasteiger partial charge in [-0.3, -0.25) is 4.79 Å². The molecule has 0 saturated carbocycles. The number of likely N-dealkylation sites (tertiary alicyclic amines) is 1. The zero-order chi connectivity index (χ0) is 13.5. The van der Waals surface area contributed by atoms with Crippen molar-refractivity contribution in [2.75, 3.05) is 26.2 Å². The average molecular weight is 265 g/mol. The number of rotatable bonds is 6. The fourth-order valence-electron chi connectivity index (χ4n) is 2.51. The van der Waals surface area contributed by atoms with Gasteiger partial charge in [0, 0.05) is 12.7 Å². The number of hydrogen-bond donors (Lipinski definition) is 1. The average Bonchev–Trinajstić information content (AvgIpc) is 2.91. The predicted molar refractivity (Wildman–Crippen MR) is 72.5 cm³/mol. The first kappa shape index (κ1) is 14.0. The number of carbonyl (C=O) groups is 1. The number of amides is 1. The molecular weight excluding hydrogens is 242 g/mol. The van der Waals surface area contributed by atoms with Crippen LogP contribution in [-0.2, 0) is 11.3 Å². The fraction of sp³-hybridized carbons (Fsp3) is 0.769. The summed E-state index contributed by atoms with van der Waals surface area (Å²) in [4.78, 5) is 14.2. The molecule has 6 heteroatoms. The molecule has 1 N–H and O–H groups in total. The summed E-state index contributed by atoms with van der Waals surface area (Å²) in [5.74, 6) is 0.634. The van der Waals surface area contributed by atoms with Crippen LogP contribution in [0.4, 0.5) is 0 Å². The summed E-state index contributed by atoms with van der Waals surface area (Å²) in [6.07, 6.45) is 6.87. The Labute approximate surface area is 114 Å². The Kier molecular flexibility index (Phi) is 5.32. The van der Waals surface area contributed by atoms with Crippen molar-refractivity contribution in [1.82, 2.24) is 25.2 Å². The van der Waals surface area contributed by atoms with Gasteiger partial charge in [0.05, 0.1) is 6.20 Å². The van der Waals surface area contributed by atoms with E-state index in [9.17, 15) is 4.79 Å². The Morgan fingerprint density at radius 3 is 2.84 bits per heavy atom. The van der Waals surface area contributed by atoms with Gasteiger partial charge in [-0.1, -0.05) is 12.1 Å². The third kappa shape index (κ3) is 4.63. The molecule has 1 fully saturated rings. The zero-order valence-electron chi connectivity index (χ0n) is 11.6. The van der Waals surface area contributed by atoms with Gasteiger partial charge in [-0.2, -0.15) is 0 Å². The van der Waals surface area contributed by atoms with Gasteiger partial charge in [0.25, 0.3) is 0 Å². The van der Waals surface area contributed by atoms with Crippen LogP contribution in [0.2, 0.25) is 0 Å². The van der Waals surface area contributed by atoms with Crippen LogP contribution in [0.5, 0.6) is 0 Å². The molecule has 6 nitrogen and oxygen atoms in total. The highest BCUT2D eigenvalue weighted by Crippen LogP contribution is 2.16. The van der Waals surface area contributed by atoms with E-state index in [1.807, 2.05) is 0 Å². The Morgan fingerprint density at radius 1 is 1.42 bits per heavy atom. The van der Waals surface area contributed by atoms with Crippen molar-refractivity contribution >= 4 is 5.91 Å². The van der Waals surface area contributed by atoms with Crippen LogP contribution in [0.25, 0.3) is 0 Å². The van der Waals surface area contributed by atoms with E-state index in [1.165, 1.54) is 25.8 Å². The van der Waals surface area contributed by atoms with Gasteiger partial charge in [0.15, 0.2) is 0 Å². The van der Waals surface area contributed by atoms with Crippen molar-refractivity contribution in [1.29, 1.82) is 0 Å². The summed E-state index contributed by atoms with van der Waals surface area (Å²) < 4.78 is 1.54. The first-order valence-corrected chi connectivity index (χ1v) is 7.11. The smallest absolute Gasteiger partial charge is 0.241 e. The van der Waals surface area contributed by atoms with Gasteiger partial charge < -0.3 is 10.2 Å². The molecule has 0 aromatic carbocycles. The third-order valence-electron chi connectivity index (χ3n) is 3.61. The van der Waals surface area contributed by atoms with Gasteiger partial charge in [-0.25, -0.2) is 4.68 Å². The van der Waals surface area contributed by atoms with Crippen molar-refractivity contribution < 1.29 is 4.79 Å². The quantitative estimate of drug-likeness (QED) is 0.814. The third-order valence-corrected chi connectivity index (χ3v) is 3.61. The van der Waals surface area contributed by atoms with Crippen molar-refractivity contribution in [3.05, 3.63) is 12.4 Å². The van der Waals surface area contributed by atoms with Crippen LogP contribution in [0, 0.1) is 5.92 Å². The second kappa shape index (κ2) is 7.23. The summed E-state index contributed by atoms with van der Waals surface area (Å²) in [6.45, 7) is 6.79. The highest BCUT2D eigenvalue weighted by Gasteiger charge is 2.18. The topological polar surface area (TPSA) is 63.1 Å². The summed E-state index contributed by atoms with van der Waals surface area (Å²) in [6, 6.07) is 0. The van der Waals surface area contributed by atoms with Crippen LogP contribution in [0.1, 0.15) is 26.2 Å². The minimum Gasteiger partial charge on any atom is -0.354 e. The van der Waals surface area contributed by atoms with Gasteiger partial charge in [-0.15, -0.1) is 5.10 Å². The first-order valence-electron chi connectivity index (χ1n) is 7.11. The van der Waals surface area contributed by atoms with Gasteiger partial charge in [0.2, 0.25) is 5.91 Å². The van der Waals surface area contributed by atoms with Crippen molar-refractivity contribution in [3.63, 3.8) is 0 Å². The van der Waals surface area contributed by atoms with Crippen LogP contribution >= 0.6 is 0 Å². The second-order valence-corrected chi connectivity index (χ2v) is 5.19. The lowest BCUT2D eigenvalue weighted by Gasteiger charge is -2.31. The Bertz CT molecular complexity index is 370. The molecule has 1 aliphatic heterocycles.